The number of likely N-dealkylation sites (N-methyl/N-ethyl adjacent to an activating group) is 1. The van der Waals surface area contributed by atoms with Crippen LogP contribution in [0, 0.1) is 29.6 Å². The Hall–Kier alpha value is -0.370. The summed E-state index contributed by atoms with van der Waals surface area (Å²) in [4.78, 5) is 15.0. The number of hydrogen-bond acceptors (Lipinski definition) is 2. The molecule has 0 N–H and O–H groups in total. The Labute approximate surface area is 105 Å². The zero-order chi connectivity index (χ0) is 12.2. The molecule has 5 unspecified atom stereocenters. The first-order valence-corrected chi connectivity index (χ1v) is 7.41. The van der Waals surface area contributed by atoms with Crippen LogP contribution in [0.1, 0.15) is 40.0 Å². The van der Waals surface area contributed by atoms with Gasteiger partial charge in [-0.1, -0.05) is 20.8 Å². The van der Waals surface area contributed by atoms with Gasteiger partial charge in [0.25, 0.3) is 0 Å². The van der Waals surface area contributed by atoms with Crippen molar-refractivity contribution in [3.8, 4) is 0 Å². The van der Waals surface area contributed by atoms with E-state index in [0.29, 0.717) is 11.7 Å². The molecule has 1 aliphatic heterocycles. The number of ketones is 1. The van der Waals surface area contributed by atoms with Crippen LogP contribution in [0.2, 0.25) is 0 Å². The zero-order valence-corrected chi connectivity index (χ0v) is 11.4. The van der Waals surface area contributed by atoms with Gasteiger partial charge in [0.05, 0.1) is 6.04 Å². The number of rotatable bonds is 3. The number of carbonyl (C=O) groups is 1. The van der Waals surface area contributed by atoms with Crippen molar-refractivity contribution in [2.75, 3.05) is 13.1 Å². The van der Waals surface area contributed by atoms with Crippen LogP contribution in [0.4, 0.5) is 0 Å². The predicted octanol–water partition coefficient (Wildman–Crippen LogP) is 2.58. The van der Waals surface area contributed by atoms with Gasteiger partial charge < -0.3 is 0 Å². The quantitative estimate of drug-likeness (QED) is 0.749. The second kappa shape index (κ2) is 4.08. The van der Waals surface area contributed by atoms with Crippen LogP contribution in [0.5, 0.6) is 0 Å². The number of Topliss-reactive ketones (excluding diaryl/α,β-unsaturated/α-hetero) is 1. The minimum absolute atomic E-state index is 0.201. The van der Waals surface area contributed by atoms with E-state index < -0.39 is 0 Å². The summed E-state index contributed by atoms with van der Waals surface area (Å²) in [6.07, 6.45) is 4.26. The van der Waals surface area contributed by atoms with Crippen molar-refractivity contribution < 1.29 is 4.79 Å². The standard InChI is InChI=1S/C15H25NO/c1-4-16-8-12-10-5-6-11(7-10)13(12)14(16)15(17)9(2)3/h9-14H,4-8H2,1-3H3. The molecule has 0 aromatic rings. The van der Waals surface area contributed by atoms with Gasteiger partial charge in [0, 0.05) is 12.5 Å². The Morgan fingerprint density at radius 1 is 1.29 bits per heavy atom. The Morgan fingerprint density at radius 2 is 2.00 bits per heavy atom. The second-order valence-electron chi connectivity index (χ2n) is 6.66. The summed E-state index contributed by atoms with van der Waals surface area (Å²) >= 11 is 0. The molecule has 3 rings (SSSR count). The number of carbonyl (C=O) groups excluding carboxylic acids is 1. The Balaban J connectivity index is 1.87. The lowest BCUT2D eigenvalue weighted by Crippen LogP contribution is -2.43. The van der Waals surface area contributed by atoms with E-state index in [2.05, 4.69) is 25.7 Å². The summed E-state index contributed by atoms with van der Waals surface area (Å²) in [5, 5.41) is 0. The summed E-state index contributed by atoms with van der Waals surface area (Å²) in [6, 6.07) is 0.264. The minimum Gasteiger partial charge on any atom is -0.298 e. The summed E-state index contributed by atoms with van der Waals surface area (Å²) < 4.78 is 0. The average Bonchev–Trinajstić information content (AvgIpc) is 2.98. The van der Waals surface area contributed by atoms with Crippen molar-refractivity contribution in [2.45, 2.75) is 46.1 Å². The molecule has 2 heteroatoms. The third kappa shape index (κ3) is 1.60. The van der Waals surface area contributed by atoms with Gasteiger partial charge in [-0.2, -0.15) is 0 Å². The summed E-state index contributed by atoms with van der Waals surface area (Å²) in [7, 11) is 0. The van der Waals surface area contributed by atoms with Crippen LogP contribution in [0.3, 0.4) is 0 Å². The number of nitrogens with zero attached hydrogens (tertiary/aromatic N) is 1. The van der Waals surface area contributed by atoms with Gasteiger partial charge in [-0.25, -0.2) is 0 Å². The maximum atomic E-state index is 12.5. The molecule has 3 fully saturated rings. The molecule has 17 heavy (non-hydrogen) atoms. The molecule has 0 aromatic heterocycles. The second-order valence-corrected chi connectivity index (χ2v) is 6.66. The summed E-state index contributed by atoms with van der Waals surface area (Å²) in [5.74, 6) is 4.09. The largest absolute Gasteiger partial charge is 0.298 e. The lowest BCUT2D eigenvalue weighted by molar-refractivity contribution is -0.128. The molecule has 0 radical (unpaired) electrons. The molecule has 1 saturated heterocycles. The average molecular weight is 235 g/mol. The van der Waals surface area contributed by atoms with Crippen molar-refractivity contribution in [2.24, 2.45) is 29.6 Å². The van der Waals surface area contributed by atoms with Crippen LogP contribution < -0.4 is 0 Å². The minimum atomic E-state index is 0.201. The van der Waals surface area contributed by atoms with Crippen molar-refractivity contribution in [3.05, 3.63) is 0 Å². The van der Waals surface area contributed by atoms with Crippen LogP contribution in [-0.4, -0.2) is 29.8 Å². The fourth-order valence-electron chi connectivity index (χ4n) is 4.88. The predicted molar refractivity (Wildman–Crippen MR) is 68.7 cm³/mol. The molecule has 5 atom stereocenters. The fraction of sp³-hybridized carbons (Fsp3) is 0.933. The molecule has 96 valence electrons. The smallest absolute Gasteiger partial charge is 0.152 e. The fourth-order valence-corrected chi connectivity index (χ4v) is 4.88. The molecule has 0 spiro atoms. The molecule has 2 nitrogen and oxygen atoms in total. The maximum Gasteiger partial charge on any atom is 0.152 e. The molecular weight excluding hydrogens is 210 g/mol. The molecule has 2 aliphatic carbocycles. The van der Waals surface area contributed by atoms with Gasteiger partial charge in [-0.15, -0.1) is 0 Å². The maximum absolute atomic E-state index is 12.5. The first-order chi connectivity index (χ1) is 8.13. The lowest BCUT2D eigenvalue weighted by Gasteiger charge is -2.30. The molecule has 0 aromatic carbocycles. The van der Waals surface area contributed by atoms with Gasteiger partial charge in [0.2, 0.25) is 0 Å². The highest BCUT2D eigenvalue weighted by Crippen LogP contribution is 2.57. The van der Waals surface area contributed by atoms with E-state index in [1.54, 1.807) is 0 Å². The molecule has 2 saturated carbocycles. The highest BCUT2D eigenvalue weighted by Gasteiger charge is 2.57. The Bertz CT molecular complexity index is 325. The van der Waals surface area contributed by atoms with E-state index in [9.17, 15) is 4.79 Å². The highest BCUT2D eigenvalue weighted by atomic mass is 16.1. The van der Waals surface area contributed by atoms with E-state index in [1.165, 1.54) is 25.8 Å². The Morgan fingerprint density at radius 3 is 2.65 bits per heavy atom. The molecule has 0 amide bonds. The van der Waals surface area contributed by atoms with Gasteiger partial charge in [0.1, 0.15) is 0 Å². The molecule has 3 aliphatic rings. The van der Waals surface area contributed by atoms with Crippen molar-refractivity contribution in [1.29, 1.82) is 0 Å². The van der Waals surface area contributed by atoms with Crippen LogP contribution in [0.25, 0.3) is 0 Å². The van der Waals surface area contributed by atoms with Gasteiger partial charge in [-0.05, 0) is 49.5 Å². The van der Waals surface area contributed by atoms with E-state index in [0.717, 1.165) is 24.3 Å². The first-order valence-electron chi connectivity index (χ1n) is 7.41. The SMILES string of the molecule is CCN1CC2C3CCC(C3)C2C1C(=O)C(C)C. The number of fused-ring (bicyclic) bond motifs is 5. The summed E-state index contributed by atoms with van der Waals surface area (Å²) in [5.41, 5.74) is 0. The van der Waals surface area contributed by atoms with Crippen LogP contribution in [-0.2, 0) is 4.79 Å². The van der Waals surface area contributed by atoms with Crippen molar-refractivity contribution >= 4 is 5.78 Å². The number of hydrogen-bond donors (Lipinski definition) is 0. The van der Waals surface area contributed by atoms with Gasteiger partial charge in [0.15, 0.2) is 5.78 Å². The molecular formula is C15H25NO. The number of likely N-dealkylation sites (tertiary alicyclic amines) is 1. The zero-order valence-electron chi connectivity index (χ0n) is 11.4. The summed E-state index contributed by atoms with van der Waals surface area (Å²) in [6.45, 7) is 8.60. The van der Waals surface area contributed by atoms with Crippen LogP contribution >= 0.6 is 0 Å². The Kier molecular flexibility index (Phi) is 2.81. The van der Waals surface area contributed by atoms with E-state index in [1.807, 2.05) is 0 Å². The third-order valence-electron chi connectivity index (χ3n) is 5.63. The van der Waals surface area contributed by atoms with Crippen molar-refractivity contribution in [3.63, 3.8) is 0 Å². The monoisotopic (exact) mass is 235 g/mol. The molecule has 1 heterocycles. The first kappa shape index (κ1) is 11.7. The van der Waals surface area contributed by atoms with Gasteiger partial charge in [-0.3, -0.25) is 9.69 Å². The topological polar surface area (TPSA) is 20.3 Å². The normalized spacial score (nSPS) is 44.6. The van der Waals surface area contributed by atoms with E-state index in [-0.39, 0.29) is 12.0 Å². The van der Waals surface area contributed by atoms with Crippen molar-refractivity contribution in [1.82, 2.24) is 4.90 Å². The van der Waals surface area contributed by atoms with Gasteiger partial charge >= 0.3 is 0 Å². The van der Waals surface area contributed by atoms with E-state index >= 15 is 0 Å². The van der Waals surface area contributed by atoms with E-state index in [4.69, 9.17) is 0 Å². The van der Waals surface area contributed by atoms with Crippen LogP contribution in [0.15, 0.2) is 0 Å². The lowest BCUT2D eigenvalue weighted by atomic mass is 9.76. The molecule has 2 bridgehead atoms. The highest BCUT2D eigenvalue weighted by molar-refractivity contribution is 5.86. The third-order valence-corrected chi connectivity index (χ3v) is 5.63.